The highest BCUT2D eigenvalue weighted by Gasteiger charge is 2.38. The number of esters is 1. The summed E-state index contributed by atoms with van der Waals surface area (Å²) in [7, 11) is 1.37. The molecule has 0 N–H and O–H groups in total. The van der Waals surface area contributed by atoms with Crippen LogP contribution in [0, 0.1) is 16.0 Å². The molecule has 0 aromatic heterocycles. The monoisotopic (exact) mass is 426 g/mol. The molecule has 0 unspecified atom stereocenters. The first-order chi connectivity index (χ1) is 14.7. The zero-order valence-electron chi connectivity index (χ0n) is 18.1. The second-order valence-electron chi connectivity index (χ2n) is 8.20. The number of methoxy groups -OCH3 is 1. The summed E-state index contributed by atoms with van der Waals surface area (Å²) in [6.07, 6.45) is 0.984. The molecule has 1 fully saturated rings. The highest BCUT2D eigenvalue weighted by Crippen LogP contribution is 2.36. The van der Waals surface area contributed by atoms with E-state index in [1.54, 1.807) is 12.1 Å². The smallest absolute Gasteiger partial charge is 0.316 e. The van der Waals surface area contributed by atoms with Crippen molar-refractivity contribution in [2.24, 2.45) is 5.92 Å². The molecule has 2 aromatic rings. The molecule has 0 saturated carbocycles. The number of anilines is 1. The van der Waals surface area contributed by atoms with Crippen molar-refractivity contribution in [2.45, 2.75) is 39.0 Å². The summed E-state index contributed by atoms with van der Waals surface area (Å²) in [5.41, 5.74) is 1.43. The van der Waals surface area contributed by atoms with Crippen molar-refractivity contribution in [3.05, 3.63) is 58.1 Å². The molecule has 1 aliphatic heterocycles. The number of hydrogen-bond donors (Lipinski definition) is 0. The first-order valence-corrected chi connectivity index (χ1v) is 10.1. The molecule has 164 valence electrons. The Balaban J connectivity index is 1.71. The number of non-ortho nitro benzene ring substituents is 1. The molecule has 1 atom stereocenters. The molecule has 1 heterocycles. The SMILES string of the molecule is CCC(C)(C)c1ccc(OC(=O)[C@@H]2CC(=O)N(c3ccc([N+](=O)[O-])cc3OC)C2)cc1. The van der Waals surface area contributed by atoms with Gasteiger partial charge in [0.1, 0.15) is 11.5 Å². The normalized spacial score (nSPS) is 16.3. The molecule has 2 aromatic carbocycles. The number of nitro benzene ring substituents is 1. The molecule has 0 spiro atoms. The van der Waals surface area contributed by atoms with Gasteiger partial charge < -0.3 is 14.4 Å². The largest absolute Gasteiger partial charge is 0.494 e. The van der Waals surface area contributed by atoms with Crippen LogP contribution in [0.1, 0.15) is 39.2 Å². The molecule has 1 amide bonds. The maximum Gasteiger partial charge on any atom is 0.316 e. The van der Waals surface area contributed by atoms with Crippen LogP contribution in [0.5, 0.6) is 11.5 Å². The maximum atomic E-state index is 12.7. The van der Waals surface area contributed by atoms with Crippen LogP contribution in [0.25, 0.3) is 0 Å². The number of benzene rings is 2. The molecular formula is C23H26N2O6. The van der Waals surface area contributed by atoms with Crippen LogP contribution < -0.4 is 14.4 Å². The van der Waals surface area contributed by atoms with E-state index in [1.165, 1.54) is 30.2 Å². The summed E-state index contributed by atoms with van der Waals surface area (Å²) < 4.78 is 10.7. The third-order valence-corrected chi connectivity index (χ3v) is 5.86. The Morgan fingerprint density at radius 3 is 2.48 bits per heavy atom. The van der Waals surface area contributed by atoms with Crippen molar-refractivity contribution in [1.29, 1.82) is 0 Å². The zero-order chi connectivity index (χ0) is 22.8. The number of rotatable bonds is 7. The maximum absolute atomic E-state index is 12.7. The lowest BCUT2D eigenvalue weighted by Crippen LogP contribution is -2.27. The standard InChI is InChI=1S/C23H26N2O6/c1-5-23(2,3)16-6-9-18(10-7-16)31-22(27)15-12-21(26)24(14-15)19-11-8-17(25(28)29)13-20(19)30-4/h6-11,13,15H,5,12,14H2,1-4H3/t15-/m1/s1. The Morgan fingerprint density at radius 1 is 1.23 bits per heavy atom. The first kappa shape index (κ1) is 22.3. The Labute approximate surface area is 180 Å². The molecule has 31 heavy (non-hydrogen) atoms. The van der Waals surface area contributed by atoms with Gasteiger partial charge in [0.25, 0.3) is 5.69 Å². The predicted octanol–water partition coefficient (Wildman–Crippen LogP) is 4.25. The number of carbonyl (C=O) groups is 2. The second kappa shape index (κ2) is 8.75. The van der Waals surface area contributed by atoms with Crippen LogP contribution in [0.3, 0.4) is 0 Å². The van der Waals surface area contributed by atoms with E-state index < -0.39 is 16.8 Å². The van der Waals surface area contributed by atoms with Gasteiger partial charge in [-0.2, -0.15) is 0 Å². The van der Waals surface area contributed by atoms with Gasteiger partial charge in [0, 0.05) is 19.0 Å². The van der Waals surface area contributed by atoms with Crippen molar-refractivity contribution in [1.82, 2.24) is 0 Å². The molecule has 0 bridgehead atoms. The van der Waals surface area contributed by atoms with E-state index in [1.807, 2.05) is 12.1 Å². The lowest BCUT2D eigenvalue weighted by atomic mass is 9.82. The molecule has 1 saturated heterocycles. The topological polar surface area (TPSA) is 99.0 Å². The summed E-state index contributed by atoms with van der Waals surface area (Å²) in [6.45, 7) is 6.54. The van der Waals surface area contributed by atoms with E-state index >= 15 is 0 Å². The summed E-state index contributed by atoms with van der Waals surface area (Å²) >= 11 is 0. The van der Waals surface area contributed by atoms with E-state index in [0.29, 0.717) is 11.4 Å². The summed E-state index contributed by atoms with van der Waals surface area (Å²) in [4.78, 5) is 37.0. The van der Waals surface area contributed by atoms with Gasteiger partial charge in [0.15, 0.2) is 0 Å². The van der Waals surface area contributed by atoms with E-state index in [0.717, 1.165) is 12.0 Å². The predicted molar refractivity (Wildman–Crippen MR) is 116 cm³/mol. The van der Waals surface area contributed by atoms with Gasteiger partial charge in [-0.15, -0.1) is 0 Å². The molecular weight excluding hydrogens is 400 g/mol. The van der Waals surface area contributed by atoms with Gasteiger partial charge in [-0.3, -0.25) is 19.7 Å². The highest BCUT2D eigenvalue weighted by molar-refractivity contribution is 6.00. The lowest BCUT2D eigenvalue weighted by molar-refractivity contribution is -0.384. The van der Waals surface area contributed by atoms with Gasteiger partial charge >= 0.3 is 5.97 Å². The van der Waals surface area contributed by atoms with Crippen molar-refractivity contribution in [2.75, 3.05) is 18.6 Å². The molecule has 1 aliphatic rings. The number of nitrogens with zero attached hydrogens (tertiary/aromatic N) is 2. The fourth-order valence-electron chi connectivity index (χ4n) is 3.48. The van der Waals surface area contributed by atoms with E-state index in [-0.39, 0.29) is 35.7 Å². The van der Waals surface area contributed by atoms with Crippen LogP contribution in [0.4, 0.5) is 11.4 Å². The number of carbonyl (C=O) groups excluding carboxylic acids is 2. The Bertz CT molecular complexity index is 1000. The van der Waals surface area contributed by atoms with E-state index in [4.69, 9.17) is 9.47 Å². The number of hydrogen-bond acceptors (Lipinski definition) is 6. The van der Waals surface area contributed by atoms with Crippen LogP contribution in [-0.2, 0) is 15.0 Å². The van der Waals surface area contributed by atoms with Gasteiger partial charge in [-0.1, -0.05) is 32.9 Å². The van der Waals surface area contributed by atoms with Gasteiger partial charge in [0.05, 0.1) is 29.7 Å². The van der Waals surface area contributed by atoms with Crippen LogP contribution in [0.2, 0.25) is 0 Å². The summed E-state index contributed by atoms with van der Waals surface area (Å²) in [5.74, 6) is -0.766. The van der Waals surface area contributed by atoms with Crippen molar-refractivity contribution in [3.8, 4) is 11.5 Å². The molecule has 0 radical (unpaired) electrons. The Kier molecular flexibility index (Phi) is 6.29. The minimum atomic E-state index is -0.640. The number of ether oxygens (including phenoxy) is 2. The molecule has 3 rings (SSSR count). The third-order valence-electron chi connectivity index (χ3n) is 5.86. The second-order valence-corrected chi connectivity index (χ2v) is 8.20. The van der Waals surface area contributed by atoms with Crippen LogP contribution >= 0.6 is 0 Å². The van der Waals surface area contributed by atoms with Crippen LogP contribution in [-0.4, -0.2) is 30.5 Å². The average molecular weight is 426 g/mol. The first-order valence-electron chi connectivity index (χ1n) is 10.1. The number of amides is 1. The highest BCUT2D eigenvalue weighted by atomic mass is 16.6. The fraction of sp³-hybridized carbons (Fsp3) is 0.391. The van der Waals surface area contributed by atoms with Gasteiger partial charge in [-0.25, -0.2) is 0 Å². The number of nitro groups is 1. The van der Waals surface area contributed by atoms with Crippen molar-refractivity contribution in [3.63, 3.8) is 0 Å². The Morgan fingerprint density at radius 2 is 1.90 bits per heavy atom. The van der Waals surface area contributed by atoms with E-state index in [2.05, 4.69) is 20.8 Å². The quantitative estimate of drug-likeness (QED) is 0.284. The Hall–Kier alpha value is -3.42. The zero-order valence-corrected chi connectivity index (χ0v) is 18.1. The van der Waals surface area contributed by atoms with Crippen molar-refractivity contribution < 1.29 is 24.0 Å². The van der Waals surface area contributed by atoms with E-state index in [9.17, 15) is 19.7 Å². The minimum Gasteiger partial charge on any atom is -0.494 e. The lowest BCUT2D eigenvalue weighted by Gasteiger charge is -2.23. The summed E-state index contributed by atoms with van der Waals surface area (Å²) in [5, 5.41) is 11.0. The average Bonchev–Trinajstić information content (AvgIpc) is 3.15. The molecule has 8 nitrogen and oxygen atoms in total. The minimum absolute atomic E-state index is 0.0000748. The van der Waals surface area contributed by atoms with Crippen LogP contribution in [0.15, 0.2) is 42.5 Å². The van der Waals surface area contributed by atoms with Gasteiger partial charge in [0.2, 0.25) is 5.91 Å². The van der Waals surface area contributed by atoms with Crippen molar-refractivity contribution >= 4 is 23.3 Å². The third kappa shape index (κ3) is 4.68. The van der Waals surface area contributed by atoms with Gasteiger partial charge in [-0.05, 0) is 35.6 Å². The fourth-order valence-corrected chi connectivity index (χ4v) is 3.48. The molecule has 8 heteroatoms. The molecule has 0 aliphatic carbocycles. The summed E-state index contributed by atoms with van der Waals surface area (Å²) in [6, 6.07) is 11.4.